The van der Waals surface area contributed by atoms with E-state index in [1.807, 2.05) is 11.0 Å². The van der Waals surface area contributed by atoms with E-state index in [0.717, 1.165) is 29.9 Å². The van der Waals surface area contributed by atoms with Crippen LogP contribution in [-0.4, -0.2) is 29.8 Å². The molecule has 2 aliphatic heterocycles. The summed E-state index contributed by atoms with van der Waals surface area (Å²) in [6.07, 6.45) is 2.00. The van der Waals surface area contributed by atoms with Crippen molar-refractivity contribution >= 4 is 23.1 Å². The molecule has 144 valence electrons. The van der Waals surface area contributed by atoms with E-state index in [1.54, 1.807) is 24.3 Å². The third-order valence-electron chi connectivity index (χ3n) is 5.26. The van der Waals surface area contributed by atoms with Gasteiger partial charge in [-0.1, -0.05) is 37.3 Å². The molecule has 0 N–H and O–H groups in total. The van der Waals surface area contributed by atoms with Crippen LogP contribution in [-0.2, 0) is 9.59 Å². The molecule has 6 heteroatoms. The first-order valence-electron chi connectivity index (χ1n) is 9.36. The van der Waals surface area contributed by atoms with Crippen LogP contribution < -0.4 is 4.90 Å². The van der Waals surface area contributed by atoms with Gasteiger partial charge in [0, 0.05) is 19.2 Å². The lowest BCUT2D eigenvalue weighted by Gasteiger charge is -2.33. The van der Waals surface area contributed by atoms with Crippen molar-refractivity contribution < 1.29 is 18.4 Å². The summed E-state index contributed by atoms with van der Waals surface area (Å²) >= 11 is 0. The first kappa shape index (κ1) is 18.3. The van der Waals surface area contributed by atoms with Crippen LogP contribution >= 0.6 is 0 Å². The topological polar surface area (TPSA) is 40.6 Å². The highest BCUT2D eigenvalue weighted by molar-refractivity contribution is 6.45. The smallest absolute Gasteiger partial charge is 0.282 e. The molecule has 1 fully saturated rings. The number of likely N-dealkylation sites (tertiary alicyclic amines) is 1. The fourth-order valence-electron chi connectivity index (χ4n) is 3.93. The lowest BCUT2D eigenvalue weighted by Crippen LogP contribution is -2.39. The van der Waals surface area contributed by atoms with Gasteiger partial charge < -0.3 is 4.90 Å². The molecule has 2 heterocycles. The molecule has 0 bridgehead atoms. The molecule has 1 atom stereocenters. The number of piperidine rings is 1. The van der Waals surface area contributed by atoms with E-state index in [0.29, 0.717) is 35.8 Å². The van der Waals surface area contributed by atoms with Crippen LogP contribution in [0.25, 0.3) is 5.57 Å². The molecule has 2 aromatic carbocycles. The van der Waals surface area contributed by atoms with Gasteiger partial charge in [-0.25, -0.2) is 13.7 Å². The Bertz CT molecular complexity index is 972. The fourth-order valence-corrected chi connectivity index (χ4v) is 3.93. The van der Waals surface area contributed by atoms with E-state index in [2.05, 4.69) is 6.92 Å². The molecule has 28 heavy (non-hydrogen) atoms. The number of halogens is 2. The molecule has 4 rings (SSSR count). The number of carbonyl (C=O) groups is 2. The van der Waals surface area contributed by atoms with Crippen LogP contribution in [0.5, 0.6) is 0 Å². The van der Waals surface area contributed by atoms with Crippen LogP contribution in [0.1, 0.15) is 25.3 Å². The van der Waals surface area contributed by atoms with Crippen molar-refractivity contribution in [3.8, 4) is 0 Å². The van der Waals surface area contributed by atoms with Gasteiger partial charge in [0.25, 0.3) is 11.8 Å². The quantitative estimate of drug-likeness (QED) is 0.754. The van der Waals surface area contributed by atoms with E-state index in [4.69, 9.17) is 0 Å². The van der Waals surface area contributed by atoms with Crippen molar-refractivity contribution in [3.63, 3.8) is 0 Å². The van der Waals surface area contributed by atoms with E-state index in [9.17, 15) is 18.4 Å². The number of benzene rings is 2. The summed E-state index contributed by atoms with van der Waals surface area (Å²) in [6, 6.07) is 12.1. The van der Waals surface area contributed by atoms with Crippen LogP contribution in [0.2, 0.25) is 0 Å². The van der Waals surface area contributed by atoms with Crippen molar-refractivity contribution in [1.29, 1.82) is 0 Å². The number of rotatable bonds is 3. The first-order chi connectivity index (χ1) is 13.5. The van der Waals surface area contributed by atoms with Gasteiger partial charge in [0.2, 0.25) is 0 Å². The molecule has 0 saturated carbocycles. The zero-order valence-electron chi connectivity index (χ0n) is 15.5. The predicted molar refractivity (Wildman–Crippen MR) is 102 cm³/mol. The first-order valence-corrected chi connectivity index (χ1v) is 9.36. The Hall–Kier alpha value is -3.02. The monoisotopic (exact) mass is 382 g/mol. The standard InChI is InChI=1S/C22H20F2N2O2/c1-14-6-5-11-25(13-14)20-19(15-7-3-2-4-8-15)21(27)26(22(20)28)16-9-10-17(23)18(24)12-16/h2-4,7-10,12,14H,5-6,11,13H2,1H3. The molecule has 4 nitrogen and oxygen atoms in total. The van der Waals surface area contributed by atoms with Crippen LogP contribution in [0.4, 0.5) is 14.5 Å². The van der Waals surface area contributed by atoms with Gasteiger partial charge in [0.15, 0.2) is 11.6 Å². The van der Waals surface area contributed by atoms with E-state index in [1.165, 1.54) is 6.07 Å². The van der Waals surface area contributed by atoms with E-state index >= 15 is 0 Å². The zero-order chi connectivity index (χ0) is 19.8. The third-order valence-corrected chi connectivity index (χ3v) is 5.26. The summed E-state index contributed by atoms with van der Waals surface area (Å²) < 4.78 is 27.1. The second kappa shape index (κ2) is 7.19. The average molecular weight is 382 g/mol. The van der Waals surface area contributed by atoms with Gasteiger partial charge in [-0.2, -0.15) is 0 Å². The maximum Gasteiger partial charge on any atom is 0.282 e. The Morgan fingerprint density at radius 1 is 0.964 bits per heavy atom. The molecule has 0 aromatic heterocycles. The summed E-state index contributed by atoms with van der Waals surface area (Å²) in [7, 11) is 0. The normalized spacial score (nSPS) is 20.3. The number of carbonyl (C=O) groups excluding carboxylic acids is 2. The minimum Gasteiger partial charge on any atom is -0.366 e. The largest absolute Gasteiger partial charge is 0.366 e. The number of anilines is 1. The lowest BCUT2D eigenvalue weighted by atomic mass is 9.98. The molecule has 0 aliphatic carbocycles. The maximum absolute atomic E-state index is 13.8. The van der Waals surface area contributed by atoms with Crippen molar-refractivity contribution in [1.82, 2.24) is 4.90 Å². The number of nitrogens with zero attached hydrogens (tertiary/aromatic N) is 2. The van der Waals surface area contributed by atoms with Gasteiger partial charge >= 0.3 is 0 Å². The highest BCUT2D eigenvalue weighted by Gasteiger charge is 2.43. The molecule has 2 amide bonds. The van der Waals surface area contributed by atoms with Gasteiger partial charge in [-0.15, -0.1) is 0 Å². The van der Waals surface area contributed by atoms with Gasteiger partial charge in [-0.05, 0) is 36.5 Å². The summed E-state index contributed by atoms with van der Waals surface area (Å²) in [5.74, 6) is -2.73. The number of imide groups is 1. The Kier molecular flexibility index (Phi) is 4.71. The van der Waals surface area contributed by atoms with Crippen LogP contribution in [0.15, 0.2) is 54.2 Å². The second-order valence-electron chi connectivity index (χ2n) is 7.33. The van der Waals surface area contributed by atoms with Crippen molar-refractivity contribution in [2.24, 2.45) is 5.92 Å². The van der Waals surface area contributed by atoms with Gasteiger partial charge in [-0.3, -0.25) is 9.59 Å². The predicted octanol–water partition coefficient (Wildman–Crippen LogP) is 3.98. The molecule has 1 unspecified atom stereocenters. The molecule has 0 radical (unpaired) electrons. The van der Waals surface area contributed by atoms with E-state index < -0.39 is 23.4 Å². The summed E-state index contributed by atoms with van der Waals surface area (Å²) in [6.45, 7) is 3.47. The molecule has 1 saturated heterocycles. The minimum absolute atomic E-state index is 0.0300. The van der Waals surface area contributed by atoms with E-state index in [-0.39, 0.29) is 5.69 Å². The highest BCUT2D eigenvalue weighted by Crippen LogP contribution is 2.36. The van der Waals surface area contributed by atoms with Crippen molar-refractivity contribution in [2.75, 3.05) is 18.0 Å². The Labute approximate surface area is 162 Å². The van der Waals surface area contributed by atoms with Crippen LogP contribution in [0.3, 0.4) is 0 Å². The Balaban J connectivity index is 1.82. The number of hydrogen-bond acceptors (Lipinski definition) is 3. The summed E-state index contributed by atoms with van der Waals surface area (Å²) in [5.41, 5.74) is 1.32. The second-order valence-corrected chi connectivity index (χ2v) is 7.33. The third kappa shape index (κ3) is 3.09. The average Bonchev–Trinajstić information content (AvgIpc) is 2.95. The zero-order valence-corrected chi connectivity index (χ0v) is 15.5. The summed E-state index contributed by atoms with van der Waals surface area (Å²) in [4.78, 5) is 29.4. The molecule has 0 spiro atoms. The molecular formula is C22H20F2N2O2. The van der Waals surface area contributed by atoms with Crippen molar-refractivity contribution in [2.45, 2.75) is 19.8 Å². The molecule has 2 aromatic rings. The SMILES string of the molecule is CC1CCCN(C2=C(c3ccccc3)C(=O)N(c3ccc(F)c(F)c3)C2=O)C1. The summed E-state index contributed by atoms with van der Waals surface area (Å²) in [5, 5.41) is 0. The van der Waals surface area contributed by atoms with Gasteiger partial charge in [0.05, 0.1) is 11.3 Å². The van der Waals surface area contributed by atoms with Gasteiger partial charge in [0.1, 0.15) is 5.70 Å². The number of amides is 2. The Morgan fingerprint density at radius 2 is 1.71 bits per heavy atom. The lowest BCUT2D eigenvalue weighted by molar-refractivity contribution is -0.120. The fraction of sp³-hybridized carbons (Fsp3) is 0.273. The molecular weight excluding hydrogens is 362 g/mol. The Morgan fingerprint density at radius 3 is 2.39 bits per heavy atom. The maximum atomic E-state index is 13.8. The number of hydrogen-bond donors (Lipinski definition) is 0. The molecule has 2 aliphatic rings. The minimum atomic E-state index is -1.10. The van der Waals surface area contributed by atoms with Crippen LogP contribution in [0, 0.1) is 17.6 Å². The van der Waals surface area contributed by atoms with Crippen molar-refractivity contribution in [3.05, 3.63) is 71.4 Å². The highest BCUT2D eigenvalue weighted by atomic mass is 19.2.